The van der Waals surface area contributed by atoms with Crippen LogP contribution in [0.25, 0.3) is 16.8 Å². The number of aromatic nitrogens is 1. The van der Waals surface area contributed by atoms with Crippen LogP contribution in [0, 0.1) is 24.1 Å². The normalized spacial score (nSPS) is 11.1. The average Bonchev–Trinajstić information content (AvgIpc) is 3.06. The Bertz CT molecular complexity index is 920. The predicted molar refractivity (Wildman–Crippen MR) is 95.9 cm³/mol. The molecule has 1 aromatic heterocycles. The second-order valence-corrected chi connectivity index (χ2v) is 6.09. The Kier molecular flexibility index (Phi) is 4.69. The Hall–Kier alpha value is -2.97. The minimum absolute atomic E-state index is 0.331. The van der Waals surface area contributed by atoms with Crippen LogP contribution >= 0.6 is 11.3 Å². The number of allylic oxidation sites excluding steroid dienone is 1. The molecule has 24 heavy (non-hydrogen) atoms. The lowest BCUT2D eigenvalue weighted by molar-refractivity contribution is 0.628. The van der Waals surface area contributed by atoms with Crippen LogP contribution in [0.5, 0.6) is 0 Å². The maximum atomic E-state index is 13.2. The van der Waals surface area contributed by atoms with Crippen molar-refractivity contribution in [3.8, 4) is 17.3 Å². The number of halogens is 1. The summed E-state index contributed by atoms with van der Waals surface area (Å²) in [5, 5.41) is 14.8. The second kappa shape index (κ2) is 7.07. The van der Waals surface area contributed by atoms with Gasteiger partial charge in [0.1, 0.15) is 22.5 Å². The highest BCUT2D eigenvalue weighted by Crippen LogP contribution is 2.26. The van der Waals surface area contributed by atoms with Crippen molar-refractivity contribution in [3.63, 3.8) is 0 Å². The molecule has 0 amide bonds. The zero-order valence-corrected chi connectivity index (χ0v) is 13.8. The van der Waals surface area contributed by atoms with E-state index in [2.05, 4.69) is 16.4 Å². The summed E-state index contributed by atoms with van der Waals surface area (Å²) in [5.74, 6) is -0.331. The summed E-state index contributed by atoms with van der Waals surface area (Å²) in [5.41, 5.74) is 4.02. The molecule has 1 heterocycles. The number of rotatable bonds is 4. The molecular weight excluding hydrogens is 321 g/mol. The standard InChI is InChI=1S/C19H14FN3S/c1-13-5-7-14(8-6-13)18-12-24-19(23-18)15(10-21)11-22-17-4-2-3-16(20)9-17/h2-9,11-12,22H,1H3/b15-11+. The van der Waals surface area contributed by atoms with E-state index in [1.165, 1.54) is 29.0 Å². The van der Waals surface area contributed by atoms with Crippen LogP contribution in [0.1, 0.15) is 10.6 Å². The van der Waals surface area contributed by atoms with Gasteiger partial charge in [0.15, 0.2) is 0 Å². The van der Waals surface area contributed by atoms with Gasteiger partial charge in [0.25, 0.3) is 0 Å². The van der Waals surface area contributed by atoms with Crippen molar-refractivity contribution in [3.05, 3.63) is 76.5 Å². The van der Waals surface area contributed by atoms with Gasteiger partial charge in [-0.2, -0.15) is 5.26 Å². The summed E-state index contributed by atoms with van der Waals surface area (Å²) >= 11 is 1.40. The number of thiazole rings is 1. The number of anilines is 1. The third-order valence-corrected chi connectivity index (χ3v) is 4.29. The number of nitrogens with one attached hydrogen (secondary N) is 1. The fourth-order valence-corrected chi connectivity index (χ4v) is 2.92. The van der Waals surface area contributed by atoms with E-state index in [4.69, 9.17) is 0 Å². The molecule has 0 bridgehead atoms. The van der Waals surface area contributed by atoms with E-state index in [-0.39, 0.29) is 5.82 Å². The van der Waals surface area contributed by atoms with Gasteiger partial charge in [0.05, 0.1) is 5.69 Å². The molecule has 118 valence electrons. The van der Waals surface area contributed by atoms with Gasteiger partial charge in [0.2, 0.25) is 0 Å². The predicted octanol–water partition coefficient (Wildman–Crippen LogP) is 5.23. The molecule has 2 aromatic carbocycles. The zero-order chi connectivity index (χ0) is 16.9. The molecule has 0 aliphatic rings. The molecule has 3 aromatic rings. The van der Waals surface area contributed by atoms with Gasteiger partial charge >= 0.3 is 0 Å². The summed E-state index contributed by atoms with van der Waals surface area (Å²) in [6.07, 6.45) is 1.55. The molecule has 0 saturated carbocycles. The molecule has 0 atom stereocenters. The molecule has 3 rings (SSSR count). The Balaban J connectivity index is 1.82. The van der Waals surface area contributed by atoms with Gasteiger partial charge in [-0.3, -0.25) is 0 Å². The van der Waals surface area contributed by atoms with E-state index in [9.17, 15) is 9.65 Å². The molecule has 0 aliphatic heterocycles. The van der Waals surface area contributed by atoms with Crippen molar-refractivity contribution in [2.24, 2.45) is 0 Å². The quantitative estimate of drug-likeness (QED) is 0.664. The van der Waals surface area contributed by atoms with E-state index in [1.54, 1.807) is 18.3 Å². The lowest BCUT2D eigenvalue weighted by atomic mass is 10.1. The highest BCUT2D eigenvalue weighted by molar-refractivity contribution is 7.11. The van der Waals surface area contributed by atoms with Gasteiger partial charge in [0, 0.05) is 22.8 Å². The van der Waals surface area contributed by atoms with Crippen LogP contribution in [0.2, 0.25) is 0 Å². The Morgan fingerprint density at radius 2 is 2.04 bits per heavy atom. The van der Waals surface area contributed by atoms with Crippen LogP contribution in [-0.2, 0) is 0 Å². The van der Waals surface area contributed by atoms with Crippen LogP contribution in [0.15, 0.2) is 60.1 Å². The summed E-state index contributed by atoms with van der Waals surface area (Å²) in [6, 6.07) is 16.3. The van der Waals surface area contributed by atoms with Gasteiger partial charge in [-0.25, -0.2) is 9.37 Å². The number of hydrogen-bond donors (Lipinski definition) is 1. The van der Waals surface area contributed by atoms with E-state index in [1.807, 2.05) is 36.6 Å². The van der Waals surface area contributed by atoms with Crippen LogP contribution in [-0.4, -0.2) is 4.98 Å². The van der Waals surface area contributed by atoms with Gasteiger partial charge in [-0.05, 0) is 25.1 Å². The van der Waals surface area contributed by atoms with E-state index in [0.29, 0.717) is 16.3 Å². The van der Waals surface area contributed by atoms with E-state index < -0.39 is 0 Å². The van der Waals surface area contributed by atoms with Crippen LogP contribution in [0.4, 0.5) is 10.1 Å². The van der Waals surface area contributed by atoms with Crippen molar-refractivity contribution in [1.82, 2.24) is 4.98 Å². The minimum atomic E-state index is -0.331. The molecule has 3 nitrogen and oxygen atoms in total. The Morgan fingerprint density at radius 3 is 2.75 bits per heavy atom. The summed E-state index contributed by atoms with van der Waals surface area (Å²) < 4.78 is 13.2. The first kappa shape index (κ1) is 15.9. The van der Waals surface area contributed by atoms with Crippen molar-refractivity contribution in [1.29, 1.82) is 5.26 Å². The Morgan fingerprint density at radius 1 is 1.25 bits per heavy atom. The molecular formula is C19H14FN3S. The van der Waals surface area contributed by atoms with Crippen molar-refractivity contribution < 1.29 is 4.39 Å². The molecule has 0 radical (unpaired) electrons. The van der Waals surface area contributed by atoms with Gasteiger partial charge < -0.3 is 5.32 Å². The molecule has 1 N–H and O–H groups in total. The fourth-order valence-electron chi connectivity index (χ4n) is 2.13. The summed E-state index contributed by atoms with van der Waals surface area (Å²) in [4.78, 5) is 4.52. The number of benzene rings is 2. The van der Waals surface area contributed by atoms with Crippen LogP contribution < -0.4 is 5.32 Å². The maximum absolute atomic E-state index is 13.2. The van der Waals surface area contributed by atoms with Crippen molar-refractivity contribution >= 4 is 22.6 Å². The topological polar surface area (TPSA) is 48.7 Å². The average molecular weight is 335 g/mol. The summed E-state index contributed by atoms with van der Waals surface area (Å²) in [7, 11) is 0. The largest absolute Gasteiger partial charge is 0.360 e. The first-order valence-corrected chi connectivity index (χ1v) is 8.19. The third-order valence-electron chi connectivity index (χ3n) is 3.41. The molecule has 0 saturated heterocycles. The molecule has 5 heteroatoms. The Labute approximate surface area is 143 Å². The second-order valence-electron chi connectivity index (χ2n) is 5.23. The molecule has 0 aliphatic carbocycles. The lowest BCUT2D eigenvalue weighted by Gasteiger charge is -2.01. The van der Waals surface area contributed by atoms with E-state index in [0.717, 1.165) is 11.3 Å². The van der Waals surface area contributed by atoms with Crippen molar-refractivity contribution in [2.75, 3.05) is 5.32 Å². The molecule has 0 spiro atoms. The van der Waals surface area contributed by atoms with Crippen molar-refractivity contribution in [2.45, 2.75) is 6.92 Å². The van der Waals surface area contributed by atoms with Crippen LogP contribution in [0.3, 0.4) is 0 Å². The maximum Gasteiger partial charge on any atom is 0.136 e. The number of hydrogen-bond acceptors (Lipinski definition) is 4. The lowest BCUT2D eigenvalue weighted by Crippen LogP contribution is -1.91. The highest BCUT2D eigenvalue weighted by atomic mass is 32.1. The highest BCUT2D eigenvalue weighted by Gasteiger charge is 2.09. The number of nitriles is 1. The number of nitrogens with zero attached hydrogens (tertiary/aromatic N) is 2. The number of aryl methyl sites for hydroxylation is 1. The first-order valence-electron chi connectivity index (χ1n) is 7.31. The van der Waals surface area contributed by atoms with Gasteiger partial charge in [-0.1, -0.05) is 35.9 Å². The van der Waals surface area contributed by atoms with Gasteiger partial charge in [-0.15, -0.1) is 11.3 Å². The fraction of sp³-hybridized carbons (Fsp3) is 0.0526. The molecule has 0 fully saturated rings. The minimum Gasteiger partial charge on any atom is -0.360 e. The first-order chi connectivity index (χ1) is 11.7. The van der Waals surface area contributed by atoms with E-state index >= 15 is 0 Å². The SMILES string of the molecule is Cc1ccc(-c2csc(/C(C#N)=C/Nc3cccc(F)c3)n2)cc1. The summed E-state index contributed by atoms with van der Waals surface area (Å²) in [6.45, 7) is 2.03. The molecule has 0 unspecified atom stereocenters. The smallest absolute Gasteiger partial charge is 0.136 e. The zero-order valence-electron chi connectivity index (χ0n) is 13.0. The third kappa shape index (κ3) is 3.67. The monoisotopic (exact) mass is 335 g/mol.